The highest BCUT2D eigenvalue weighted by Gasteiger charge is 2.10. The van der Waals surface area contributed by atoms with Crippen molar-refractivity contribution < 1.29 is 9.59 Å². The molecule has 25 heavy (non-hydrogen) atoms. The van der Waals surface area contributed by atoms with Crippen LogP contribution in [0, 0.1) is 0 Å². The van der Waals surface area contributed by atoms with Crippen molar-refractivity contribution in [2.24, 2.45) is 0 Å². The molecule has 1 aliphatic carbocycles. The summed E-state index contributed by atoms with van der Waals surface area (Å²) in [5.74, 6) is -0.158. The summed E-state index contributed by atoms with van der Waals surface area (Å²) in [5.41, 5.74) is 4.69. The van der Waals surface area contributed by atoms with Crippen molar-refractivity contribution in [1.82, 2.24) is 5.32 Å². The molecule has 2 aromatic carbocycles. The molecular weight excluding hydrogens is 312 g/mol. The molecule has 0 bridgehead atoms. The molecule has 0 fully saturated rings. The van der Waals surface area contributed by atoms with Gasteiger partial charge >= 0.3 is 0 Å². The third kappa shape index (κ3) is 4.44. The Bertz CT molecular complexity index is 834. The molecule has 0 saturated heterocycles. The van der Waals surface area contributed by atoms with Gasteiger partial charge in [-0.1, -0.05) is 36.4 Å². The summed E-state index contributed by atoms with van der Waals surface area (Å²) in [5, 5.41) is 5.73. The normalized spacial score (nSPS) is 13.5. The fourth-order valence-electron chi connectivity index (χ4n) is 2.77. The quantitative estimate of drug-likeness (QED) is 0.884. The number of amides is 2. The maximum atomic E-state index is 12.2. The lowest BCUT2D eigenvalue weighted by atomic mass is 9.95. The number of hydrogen-bond donors (Lipinski definition) is 2. The maximum absolute atomic E-state index is 12.2. The molecule has 0 heterocycles. The van der Waals surface area contributed by atoms with Gasteiger partial charge in [0, 0.05) is 23.9 Å². The molecule has 2 N–H and O–H groups in total. The maximum Gasteiger partial charge on any atom is 0.255 e. The van der Waals surface area contributed by atoms with Gasteiger partial charge in [0.2, 0.25) is 5.91 Å². The van der Waals surface area contributed by atoms with E-state index < -0.39 is 0 Å². The van der Waals surface area contributed by atoms with Crippen LogP contribution in [0.4, 0.5) is 5.69 Å². The zero-order chi connectivity index (χ0) is 17.6. The Hall–Kier alpha value is -3.14. The van der Waals surface area contributed by atoms with Crippen molar-refractivity contribution in [2.45, 2.75) is 19.8 Å². The van der Waals surface area contributed by atoms with Crippen LogP contribution < -0.4 is 10.6 Å². The second-order valence-corrected chi connectivity index (χ2v) is 5.96. The van der Waals surface area contributed by atoms with Crippen LogP contribution >= 0.6 is 0 Å². The Morgan fingerprint density at radius 2 is 1.56 bits per heavy atom. The SMILES string of the molecule is CC(=O)NC1=CC=C(c2ccc(NC(=O)c3ccccc3)cc2)CC1. The second-order valence-electron chi connectivity index (χ2n) is 5.96. The van der Waals surface area contributed by atoms with Crippen molar-refractivity contribution in [3.63, 3.8) is 0 Å². The molecule has 2 amide bonds. The number of anilines is 1. The van der Waals surface area contributed by atoms with Crippen LogP contribution in [-0.4, -0.2) is 11.8 Å². The molecular formula is C21H20N2O2. The van der Waals surface area contributed by atoms with Crippen molar-refractivity contribution in [1.29, 1.82) is 0 Å². The largest absolute Gasteiger partial charge is 0.330 e. The van der Waals surface area contributed by atoms with Gasteiger partial charge in [-0.25, -0.2) is 0 Å². The first-order valence-corrected chi connectivity index (χ1v) is 8.26. The van der Waals surface area contributed by atoms with E-state index in [-0.39, 0.29) is 11.8 Å². The zero-order valence-electron chi connectivity index (χ0n) is 14.1. The Kier molecular flexibility index (Phi) is 5.09. The van der Waals surface area contributed by atoms with Crippen LogP contribution in [0.3, 0.4) is 0 Å². The van der Waals surface area contributed by atoms with Gasteiger partial charge in [0.25, 0.3) is 5.91 Å². The lowest BCUT2D eigenvalue weighted by Crippen LogP contribution is -2.19. The van der Waals surface area contributed by atoms with Gasteiger partial charge in [-0.05, 0) is 54.3 Å². The predicted octanol–water partition coefficient (Wildman–Crippen LogP) is 4.14. The molecule has 0 aliphatic heterocycles. The predicted molar refractivity (Wildman–Crippen MR) is 99.9 cm³/mol. The number of carbonyl (C=O) groups is 2. The van der Waals surface area contributed by atoms with Gasteiger partial charge in [0.05, 0.1) is 0 Å². The summed E-state index contributed by atoms with van der Waals surface area (Å²) in [6.45, 7) is 1.52. The van der Waals surface area contributed by atoms with Crippen LogP contribution in [0.15, 0.2) is 72.4 Å². The van der Waals surface area contributed by atoms with Gasteiger partial charge in [0.1, 0.15) is 0 Å². The second kappa shape index (κ2) is 7.62. The number of carbonyl (C=O) groups excluding carboxylic acids is 2. The molecule has 4 heteroatoms. The van der Waals surface area contributed by atoms with Gasteiger partial charge in [-0.2, -0.15) is 0 Å². The lowest BCUT2D eigenvalue weighted by Gasteiger charge is -2.15. The van der Waals surface area contributed by atoms with E-state index >= 15 is 0 Å². The summed E-state index contributed by atoms with van der Waals surface area (Å²) in [7, 11) is 0. The van der Waals surface area contributed by atoms with E-state index in [1.54, 1.807) is 12.1 Å². The van der Waals surface area contributed by atoms with Gasteiger partial charge in [-0.15, -0.1) is 0 Å². The minimum absolute atomic E-state index is 0.0402. The van der Waals surface area contributed by atoms with E-state index in [2.05, 4.69) is 10.6 Å². The summed E-state index contributed by atoms with van der Waals surface area (Å²) in [6, 6.07) is 17.0. The molecule has 126 valence electrons. The lowest BCUT2D eigenvalue weighted by molar-refractivity contribution is -0.118. The van der Waals surface area contributed by atoms with Crippen LogP contribution in [0.2, 0.25) is 0 Å². The van der Waals surface area contributed by atoms with Crippen LogP contribution in [-0.2, 0) is 4.79 Å². The summed E-state index contributed by atoms with van der Waals surface area (Å²) >= 11 is 0. The van der Waals surface area contributed by atoms with E-state index in [9.17, 15) is 9.59 Å². The van der Waals surface area contributed by atoms with Gasteiger partial charge in [-0.3, -0.25) is 9.59 Å². The fraction of sp³-hybridized carbons (Fsp3) is 0.143. The van der Waals surface area contributed by atoms with Crippen LogP contribution in [0.5, 0.6) is 0 Å². The van der Waals surface area contributed by atoms with E-state index in [1.165, 1.54) is 12.5 Å². The topological polar surface area (TPSA) is 58.2 Å². The highest BCUT2D eigenvalue weighted by atomic mass is 16.2. The molecule has 0 atom stereocenters. The Morgan fingerprint density at radius 1 is 0.840 bits per heavy atom. The first-order chi connectivity index (χ1) is 12.1. The fourth-order valence-corrected chi connectivity index (χ4v) is 2.77. The smallest absolute Gasteiger partial charge is 0.255 e. The van der Waals surface area contributed by atoms with E-state index in [1.807, 2.05) is 54.6 Å². The zero-order valence-corrected chi connectivity index (χ0v) is 14.1. The average Bonchev–Trinajstić information content (AvgIpc) is 2.63. The Labute approximate surface area is 147 Å². The molecule has 3 rings (SSSR count). The van der Waals surface area contributed by atoms with Crippen LogP contribution in [0.1, 0.15) is 35.7 Å². The molecule has 0 spiro atoms. The number of hydrogen-bond acceptors (Lipinski definition) is 2. The number of allylic oxidation sites excluding steroid dienone is 4. The molecule has 0 radical (unpaired) electrons. The minimum atomic E-state index is -0.117. The van der Waals surface area contributed by atoms with E-state index in [0.717, 1.165) is 29.8 Å². The molecule has 0 aromatic heterocycles. The highest BCUT2D eigenvalue weighted by Crippen LogP contribution is 2.26. The summed E-state index contributed by atoms with van der Waals surface area (Å²) < 4.78 is 0. The number of benzene rings is 2. The van der Waals surface area contributed by atoms with Crippen LogP contribution in [0.25, 0.3) is 5.57 Å². The van der Waals surface area contributed by atoms with Crippen molar-refractivity contribution >= 4 is 23.1 Å². The molecule has 0 saturated carbocycles. The Balaban J connectivity index is 1.67. The standard InChI is InChI=1S/C21H20N2O2/c1-15(24)22-19-11-7-16(8-12-19)17-9-13-20(14-10-17)23-21(25)18-5-3-2-4-6-18/h2-7,9-11,13-14H,8,12H2,1H3,(H,22,24)(H,23,25). The third-order valence-corrected chi connectivity index (χ3v) is 4.04. The van der Waals surface area contributed by atoms with Gasteiger partial charge < -0.3 is 10.6 Å². The third-order valence-electron chi connectivity index (χ3n) is 4.04. The average molecular weight is 332 g/mol. The number of nitrogens with one attached hydrogen (secondary N) is 2. The first-order valence-electron chi connectivity index (χ1n) is 8.26. The first kappa shape index (κ1) is 16.7. The monoisotopic (exact) mass is 332 g/mol. The van der Waals surface area contributed by atoms with Gasteiger partial charge in [0.15, 0.2) is 0 Å². The molecule has 2 aromatic rings. The molecule has 1 aliphatic rings. The Morgan fingerprint density at radius 3 is 2.16 bits per heavy atom. The summed E-state index contributed by atoms with van der Waals surface area (Å²) in [4.78, 5) is 23.2. The van der Waals surface area contributed by atoms with Crippen molar-refractivity contribution in [3.05, 3.63) is 83.6 Å². The summed E-state index contributed by atoms with van der Waals surface area (Å²) in [6.07, 6.45) is 5.68. The van der Waals surface area contributed by atoms with E-state index in [0.29, 0.717) is 5.56 Å². The molecule has 4 nitrogen and oxygen atoms in total. The van der Waals surface area contributed by atoms with Crippen molar-refractivity contribution in [2.75, 3.05) is 5.32 Å². The number of rotatable bonds is 4. The van der Waals surface area contributed by atoms with E-state index in [4.69, 9.17) is 0 Å². The molecule has 0 unspecified atom stereocenters. The highest BCUT2D eigenvalue weighted by molar-refractivity contribution is 6.04. The van der Waals surface area contributed by atoms with Crippen molar-refractivity contribution in [3.8, 4) is 0 Å². The minimum Gasteiger partial charge on any atom is -0.330 e.